The van der Waals surface area contributed by atoms with Crippen LogP contribution in [0.1, 0.15) is 5.76 Å². The van der Waals surface area contributed by atoms with Crippen LogP contribution < -0.4 is 0 Å². The Morgan fingerprint density at radius 3 is 2.83 bits per heavy atom. The average molecular weight is 325 g/mol. The Balaban J connectivity index is 2.33. The summed E-state index contributed by atoms with van der Waals surface area (Å²) in [7, 11) is 0. The summed E-state index contributed by atoms with van der Waals surface area (Å²) in [5.74, 6) is 2.18. The largest absolute Gasteiger partial charge is 0.458 e. The Kier molecular flexibility index (Phi) is 2.87. The van der Waals surface area contributed by atoms with E-state index in [-0.39, 0.29) is 0 Å². The lowest BCUT2D eigenvalue weighted by molar-refractivity contribution is 0.540. The van der Waals surface area contributed by atoms with Crippen LogP contribution in [0.2, 0.25) is 0 Å². The summed E-state index contributed by atoms with van der Waals surface area (Å²) in [6.07, 6.45) is 3.64. The second-order valence-corrected chi connectivity index (χ2v) is 5.30. The number of halogens is 1. The highest BCUT2D eigenvalue weighted by Gasteiger charge is 2.15. The van der Waals surface area contributed by atoms with Crippen molar-refractivity contribution in [2.45, 2.75) is 12.1 Å². The first kappa shape index (κ1) is 11.7. The third kappa shape index (κ3) is 1.83. The van der Waals surface area contributed by atoms with Gasteiger partial charge in [0.1, 0.15) is 5.76 Å². The van der Waals surface area contributed by atoms with Crippen LogP contribution in [0.3, 0.4) is 0 Å². The van der Waals surface area contributed by atoms with Crippen molar-refractivity contribution in [2.75, 3.05) is 6.26 Å². The summed E-state index contributed by atoms with van der Waals surface area (Å²) in [6, 6.07) is 3.79. The van der Waals surface area contributed by atoms with Gasteiger partial charge in [-0.2, -0.15) is 14.6 Å². The number of aryl methyl sites for hydroxylation is 1. The van der Waals surface area contributed by atoms with Crippen LogP contribution in [0.5, 0.6) is 0 Å². The van der Waals surface area contributed by atoms with Crippen molar-refractivity contribution >= 4 is 33.3 Å². The zero-order valence-electron chi connectivity index (χ0n) is 9.72. The molecule has 0 spiro atoms. The third-order valence-electron chi connectivity index (χ3n) is 2.45. The molecule has 0 aliphatic rings. The summed E-state index contributed by atoms with van der Waals surface area (Å²) in [4.78, 5) is 8.86. The van der Waals surface area contributed by atoms with Crippen molar-refractivity contribution in [1.82, 2.24) is 19.6 Å². The Bertz CT molecular complexity index is 721. The van der Waals surface area contributed by atoms with Crippen LogP contribution in [0, 0.1) is 6.92 Å². The van der Waals surface area contributed by atoms with E-state index >= 15 is 0 Å². The summed E-state index contributed by atoms with van der Waals surface area (Å²) in [5, 5.41) is 4.94. The van der Waals surface area contributed by atoms with Gasteiger partial charge < -0.3 is 4.42 Å². The van der Waals surface area contributed by atoms with E-state index in [9.17, 15) is 0 Å². The number of thioether (sulfide) groups is 1. The van der Waals surface area contributed by atoms with Crippen LogP contribution in [0.25, 0.3) is 17.2 Å². The minimum atomic E-state index is 0.656. The van der Waals surface area contributed by atoms with E-state index in [1.54, 1.807) is 10.7 Å². The average Bonchev–Trinajstić information content (AvgIpc) is 2.96. The smallest absolute Gasteiger partial charge is 0.201 e. The normalized spacial score (nSPS) is 11.3. The van der Waals surface area contributed by atoms with Gasteiger partial charge in [-0.25, -0.2) is 4.98 Å². The molecule has 0 N–H and O–H groups in total. The minimum Gasteiger partial charge on any atom is -0.458 e. The molecule has 0 fully saturated rings. The fourth-order valence-electron chi connectivity index (χ4n) is 1.64. The van der Waals surface area contributed by atoms with Crippen LogP contribution in [-0.2, 0) is 0 Å². The molecule has 3 rings (SSSR count). The molecule has 0 aliphatic heterocycles. The van der Waals surface area contributed by atoms with Crippen LogP contribution in [-0.4, -0.2) is 25.8 Å². The molecule has 18 heavy (non-hydrogen) atoms. The van der Waals surface area contributed by atoms with Gasteiger partial charge in [-0.3, -0.25) is 0 Å². The molecule has 3 aromatic rings. The molecule has 0 aromatic carbocycles. The number of hydrogen-bond acceptors (Lipinski definition) is 5. The lowest BCUT2D eigenvalue weighted by Gasteiger charge is -2.03. The van der Waals surface area contributed by atoms with E-state index in [1.807, 2.05) is 25.3 Å². The monoisotopic (exact) mass is 324 g/mol. The van der Waals surface area contributed by atoms with E-state index in [0.717, 1.165) is 15.9 Å². The Labute approximate surface area is 116 Å². The Morgan fingerprint density at radius 1 is 1.33 bits per heavy atom. The van der Waals surface area contributed by atoms with Gasteiger partial charge in [0, 0.05) is 0 Å². The molecule has 5 nitrogen and oxygen atoms in total. The molecule has 0 saturated heterocycles. The maximum absolute atomic E-state index is 5.61. The number of furan rings is 1. The minimum absolute atomic E-state index is 0.656. The van der Waals surface area contributed by atoms with Gasteiger partial charge in [0.15, 0.2) is 16.6 Å². The van der Waals surface area contributed by atoms with Crippen LogP contribution in [0.15, 0.2) is 32.4 Å². The molecule has 0 bridgehead atoms. The van der Waals surface area contributed by atoms with Gasteiger partial charge in [-0.1, -0.05) is 11.8 Å². The highest BCUT2D eigenvalue weighted by Crippen LogP contribution is 2.25. The van der Waals surface area contributed by atoms with Gasteiger partial charge in [0.05, 0.1) is 10.7 Å². The number of fused-ring (bicyclic) bond motifs is 1. The molecular weight excluding hydrogens is 316 g/mol. The molecule has 0 unspecified atom stereocenters. The molecule has 3 heterocycles. The summed E-state index contributed by atoms with van der Waals surface area (Å²) >= 11 is 4.91. The van der Waals surface area contributed by atoms with Crippen molar-refractivity contribution in [1.29, 1.82) is 0 Å². The molecule has 0 atom stereocenters. The van der Waals surface area contributed by atoms with Crippen molar-refractivity contribution in [2.24, 2.45) is 0 Å². The zero-order chi connectivity index (χ0) is 12.7. The first-order valence-electron chi connectivity index (χ1n) is 5.21. The van der Waals surface area contributed by atoms with Gasteiger partial charge in [-0.15, -0.1) is 0 Å². The molecular formula is C11H9BrN4OS. The third-order valence-corrected chi connectivity index (χ3v) is 3.55. The van der Waals surface area contributed by atoms with E-state index < -0.39 is 0 Å². The molecule has 0 aliphatic carbocycles. The van der Waals surface area contributed by atoms with Crippen molar-refractivity contribution in [3.8, 4) is 11.6 Å². The summed E-state index contributed by atoms with van der Waals surface area (Å²) < 4.78 is 8.12. The second-order valence-electron chi connectivity index (χ2n) is 3.67. The summed E-state index contributed by atoms with van der Waals surface area (Å²) in [6.45, 7) is 1.90. The summed E-state index contributed by atoms with van der Waals surface area (Å²) in [5.41, 5.74) is 0.735. The van der Waals surface area contributed by atoms with E-state index in [1.165, 1.54) is 11.8 Å². The number of aromatic nitrogens is 4. The number of hydrogen-bond donors (Lipinski definition) is 0. The zero-order valence-corrected chi connectivity index (χ0v) is 12.1. The fraction of sp³-hybridized carbons (Fsp3) is 0.182. The fourth-order valence-corrected chi connectivity index (χ4v) is 2.34. The molecule has 7 heteroatoms. The molecule has 92 valence electrons. The first-order valence-corrected chi connectivity index (χ1v) is 7.23. The van der Waals surface area contributed by atoms with E-state index in [2.05, 4.69) is 31.0 Å². The lowest BCUT2D eigenvalue weighted by atomic mass is 10.4. The van der Waals surface area contributed by atoms with Crippen LogP contribution in [0.4, 0.5) is 0 Å². The maximum atomic E-state index is 5.61. The van der Waals surface area contributed by atoms with Crippen molar-refractivity contribution in [3.63, 3.8) is 0 Å². The van der Waals surface area contributed by atoms with E-state index in [4.69, 9.17) is 4.42 Å². The SMILES string of the molecule is CSc1nc(-c2ccc(C)o2)n2ncc(Br)c2n1. The van der Waals surface area contributed by atoms with Crippen LogP contribution >= 0.6 is 27.7 Å². The Morgan fingerprint density at radius 2 is 2.17 bits per heavy atom. The second kappa shape index (κ2) is 4.40. The predicted molar refractivity (Wildman–Crippen MR) is 72.7 cm³/mol. The highest BCUT2D eigenvalue weighted by atomic mass is 79.9. The molecule has 0 saturated carbocycles. The van der Waals surface area contributed by atoms with E-state index in [0.29, 0.717) is 16.7 Å². The predicted octanol–water partition coefficient (Wildman–Crippen LogP) is 3.18. The molecule has 0 radical (unpaired) electrons. The first-order chi connectivity index (χ1) is 8.69. The van der Waals surface area contributed by atoms with Gasteiger partial charge in [-0.05, 0) is 41.2 Å². The van der Waals surface area contributed by atoms with Gasteiger partial charge in [0.25, 0.3) is 0 Å². The van der Waals surface area contributed by atoms with Gasteiger partial charge >= 0.3 is 0 Å². The molecule has 0 amide bonds. The quantitative estimate of drug-likeness (QED) is 0.677. The van der Waals surface area contributed by atoms with Crippen molar-refractivity contribution in [3.05, 3.63) is 28.6 Å². The molecule has 3 aromatic heterocycles. The standard InChI is InChI=1S/C11H9BrN4OS/c1-6-3-4-8(17-6)10-15-11(18-2)14-9-7(12)5-13-16(9)10/h3-5H,1-2H3. The van der Waals surface area contributed by atoms with Crippen molar-refractivity contribution < 1.29 is 4.42 Å². The topological polar surface area (TPSA) is 56.2 Å². The Hall–Kier alpha value is -1.34. The maximum Gasteiger partial charge on any atom is 0.201 e. The number of nitrogens with zero attached hydrogens (tertiary/aromatic N) is 4. The van der Waals surface area contributed by atoms with Gasteiger partial charge in [0.2, 0.25) is 5.82 Å². The highest BCUT2D eigenvalue weighted by molar-refractivity contribution is 9.10. The lowest BCUT2D eigenvalue weighted by Crippen LogP contribution is -2.01. The number of rotatable bonds is 2.